The van der Waals surface area contributed by atoms with Crippen molar-refractivity contribution < 1.29 is 18.8 Å². The van der Waals surface area contributed by atoms with Crippen molar-refractivity contribution in [1.29, 1.82) is 0 Å². The summed E-state index contributed by atoms with van der Waals surface area (Å²) in [5.74, 6) is -0.334. The molecule has 2 aliphatic rings. The fraction of sp³-hybridized carbons (Fsp3) is 0.333. The molecule has 1 saturated carbocycles. The lowest BCUT2D eigenvalue weighted by molar-refractivity contribution is -0.139. The van der Waals surface area contributed by atoms with Gasteiger partial charge in [0.1, 0.15) is 30.3 Å². The van der Waals surface area contributed by atoms with E-state index in [1.165, 1.54) is 16.5 Å². The zero-order chi connectivity index (χ0) is 28.8. The molecule has 2 amide bonds. The van der Waals surface area contributed by atoms with Gasteiger partial charge in [-0.25, -0.2) is 14.4 Å². The standard InChI is InChI=1S/C30H28ClFN6O3/c1-16(39)29-23-9-18(19-12-33-17(2)34-13-19)7-8-26(23)38(36-29)15-28(40)37-14-20(32)10-27(37)30(41)35-25-11-22(25)21-5-3-4-6-24(21)31/h3-9,12-13,20,22,25,27H,10-11,14-15H2,1-2H3,(H,35,41)/t20-,22+,25-,27+/m1/s1. The van der Waals surface area contributed by atoms with E-state index in [-0.39, 0.29) is 48.9 Å². The Morgan fingerprint density at radius 2 is 1.83 bits per heavy atom. The Morgan fingerprint density at radius 1 is 1.07 bits per heavy atom. The van der Waals surface area contributed by atoms with E-state index in [9.17, 15) is 18.8 Å². The highest BCUT2D eigenvalue weighted by Gasteiger charge is 2.45. The molecule has 9 nitrogen and oxygen atoms in total. The molecule has 11 heteroatoms. The van der Waals surface area contributed by atoms with Crippen LogP contribution in [0.15, 0.2) is 54.9 Å². The topological polar surface area (TPSA) is 110 Å². The molecule has 1 aliphatic heterocycles. The van der Waals surface area contributed by atoms with Crippen molar-refractivity contribution in [3.63, 3.8) is 0 Å². The number of benzene rings is 2. The predicted octanol–water partition coefficient (Wildman–Crippen LogP) is 4.27. The average Bonchev–Trinajstić information content (AvgIpc) is 3.43. The molecule has 4 atom stereocenters. The molecular weight excluding hydrogens is 547 g/mol. The summed E-state index contributed by atoms with van der Waals surface area (Å²) < 4.78 is 16.0. The molecule has 210 valence electrons. The number of nitrogens with one attached hydrogen (secondary N) is 1. The third-order valence-corrected chi connectivity index (χ3v) is 8.12. The van der Waals surface area contributed by atoms with Gasteiger partial charge in [0.15, 0.2) is 5.78 Å². The Bertz CT molecular complexity index is 1670. The number of rotatable bonds is 7. The van der Waals surface area contributed by atoms with Crippen LogP contribution in [0.5, 0.6) is 0 Å². The van der Waals surface area contributed by atoms with Crippen molar-refractivity contribution in [3.8, 4) is 11.1 Å². The summed E-state index contributed by atoms with van der Waals surface area (Å²) in [6, 6.07) is 11.9. The number of ketones is 1. The lowest BCUT2D eigenvalue weighted by atomic mass is 10.0. The highest BCUT2D eigenvalue weighted by Crippen LogP contribution is 2.43. The van der Waals surface area contributed by atoms with Gasteiger partial charge in [-0.05, 0) is 42.7 Å². The quantitative estimate of drug-likeness (QED) is 0.330. The van der Waals surface area contributed by atoms with E-state index in [2.05, 4.69) is 20.4 Å². The lowest BCUT2D eigenvalue weighted by Gasteiger charge is -2.24. The minimum absolute atomic E-state index is 0.0679. The minimum Gasteiger partial charge on any atom is -0.351 e. The zero-order valence-electron chi connectivity index (χ0n) is 22.6. The summed E-state index contributed by atoms with van der Waals surface area (Å²) in [4.78, 5) is 48.8. The number of carbonyl (C=O) groups excluding carboxylic acids is 3. The first-order valence-electron chi connectivity index (χ1n) is 13.5. The number of carbonyl (C=O) groups is 3. The van der Waals surface area contributed by atoms with Crippen LogP contribution in [0.3, 0.4) is 0 Å². The second-order valence-electron chi connectivity index (χ2n) is 10.7. The van der Waals surface area contributed by atoms with E-state index in [4.69, 9.17) is 11.6 Å². The number of hydrogen-bond acceptors (Lipinski definition) is 6. The van der Waals surface area contributed by atoms with E-state index < -0.39 is 18.1 Å². The van der Waals surface area contributed by atoms with Crippen LogP contribution in [0.25, 0.3) is 22.0 Å². The molecule has 2 fully saturated rings. The SMILES string of the molecule is CC(=O)c1nn(CC(=O)N2C[C@H](F)C[C@H]2C(=O)N[C@@H]2C[C@H]2c2ccccc2Cl)c2ccc(-c3cnc(C)nc3)cc12. The molecule has 41 heavy (non-hydrogen) atoms. The third-order valence-electron chi connectivity index (χ3n) is 7.78. The van der Waals surface area contributed by atoms with Crippen LogP contribution in [0.2, 0.25) is 5.02 Å². The van der Waals surface area contributed by atoms with Crippen LogP contribution in [0.1, 0.15) is 47.6 Å². The maximum atomic E-state index is 14.6. The predicted molar refractivity (Wildman–Crippen MR) is 151 cm³/mol. The largest absolute Gasteiger partial charge is 0.351 e. The molecule has 1 saturated heterocycles. The molecule has 3 heterocycles. The van der Waals surface area contributed by atoms with Crippen molar-refractivity contribution >= 4 is 40.1 Å². The Morgan fingerprint density at radius 3 is 2.56 bits per heavy atom. The van der Waals surface area contributed by atoms with Crippen LogP contribution < -0.4 is 5.32 Å². The smallest absolute Gasteiger partial charge is 0.245 e. The Balaban J connectivity index is 1.20. The van der Waals surface area contributed by atoms with E-state index >= 15 is 0 Å². The number of fused-ring (bicyclic) bond motifs is 1. The van der Waals surface area contributed by atoms with Crippen LogP contribution >= 0.6 is 11.6 Å². The van der Waals surface area contributed by atoms with Gasteiger partial charge in [-0.2, -0.15) is 5.10 Å². The monoisotopic (exact) mass is 574 g/mol. The maximum absolute atomic E-state index is 14.6. The van der Waals surface area contributed by atoms with Crippen molar-refractivity contribution in [2.45, 2.75) is 57.4 Å². The summed E-state index contributed by atoms with van der Waals surface area (Å²) in [7, 11) is 0. The number of amides is 2. The molecule has 0 unspecified atom stereocenters. The summed E-state index contributed by atoms with van der Waals surface area (Å²) in [5, 5.41) is 8.64. The molecule has 1 aliphatic carbocycles. The number of hydrogen-bond donors (Lipinski definition) is 1. The van der Waals surface area contributed by atoms with Crippen LogP contribution in [-0.4, -0.2) is 67.0 Å². The van der Waals surface area contributed by atoms with Crippen molar-refractivity contribution in [3.05, 3.63) is 77.0 Å². The van der Waals surface area contributed by atoms with Gasteiger partial charge in [-0.15, -0.1) is 0 Å². The van der Waals surface area contributed by atoms with Gasteiger partial charge in [-0.1, -0.05) is 35.9 Å². The first kappa shape index (κ1) is 27.0. The second kappa shape index (κ2) is 10.7. The first-order valence-corrected chi connectivity index (χ1v) is 13.9. The highest BCUT2D eigenvalue weighted by molar-refractivity contribution is 6.31. The van der Waals surface area contributed by atoms with E-state index in [0.29, 0.717) is 21.7 Å². The van der Waals surface area contributed by atoms with Crippen molar-refractivity contribution in [2.24, 2.45) is 0 Å². The number of aryl methyl sites for hydroxylation is 1. The van der Waals surface area contributed by atoms with Crippen LogP contribution in [0.4, 0.5) is 4.39 Å². The molecule has 2 aromatic carbocycles. The summed E-state index contributed by atoms with van der Waals surface area (Å²) in [5.41, 5.74) is 3.35. The molecule has 1 N–H and O–H groups in total. The Kier molecular flexibility index (Phi) is 7.03. The Labute approximate surface area is 240 Å². The Hall–Kier alpha value is -4.18. The zero-order valence-corrected chi connectivity index (χ0v) is 23.3. The number of halogens is 2. The van der Waals surface area contributed by atoms with E-state index in [1.54, 1.807) is 25.4 Å². The van der Waals surface area contributed by atoms with Gasteiger partial charge in [0.05, 0.1) is 12.1 Å². The molecular formula is C30H28ClFN6O3. The van der Waals surface area contributed by atoms with Gasteiger partial charge in [0, 0.05) is 53.7 Å². The van der Waals surface area contributed by atoms with Crippen LogP contribution in [0, 0.1) is 6.92 Å². The average molecular weight is 575 g/mol. The van der Waals surface area contributed by atoms with Crippen molar-refractivity contribution in [1.82, 2.24) is 30.0 Å². The third kappa shape index (κ3) is 5.31. The minimum atomic E-state index is -1.31. The molecule has 4 aromatic rings. The molecule has 0 bridgehead atoms. The second-order valence-corrected chi connectivity index (χ2v) is 11.1. The number of aromatic nitrogens is 4. The number of Topliss-reactive ketones (excluding diaryl/α,β-unsaturated/α-hetero) is 1. The maximum Gasteiger partial charge on any atom is 0.245 e. The summed E-state index contributed by atoms with van der Waals surface area (Å²) >= 11 is 6.31. The van der Waals surface area contributed by atoms with E-state index in [0.717, 1.165) is 23.1 Å². The van der Waals surface area contributed by atoms with Crippen molar-refractivity contribution in [2.75, 3.05) is 6.54 Å². The van der Waals surface area contributed by atoms with Gasteiger partial charge in [-0.3, -0.25) is 19.1 Å². The summed E-state index contributed by atoms with van der Waals surface area (Å²) in [6.07, 6.45) is 2.76. The fourth-order valence-electron chi connectivity index (χ4n) is 5.56. The molecule has 0 spiro atoms. The number of alkyl halides is 1. The number of nitrogens with zero attached hydrogens (tertiary/aromatic N) is 5. The highest BCUT2D eigenvalue weighted by atomic mass is 35.5. The summed E-state index contributed by atoms with van der Waals surface area (Å²) in [6.45, 7) is 2.80. The lowest BCUT2D eigenvalue weighted by Crippen LogP contribution is -2.47. The van der Waals surface area contributed by atoms with E-state index in [1.807, 2.05) is 36.4 Å². The van der Waals surface area contributed by atoms with Gasteiger partial charge in [0.25, 0.3) is 0 Å². The molecule has 2 aromatic heterocycles. The van der Waals surface area contributed by atoms with Gasteiger partial charge >= 0.3 is 0 Å². The normalized spacial score (nSPS) is 21.7. The molecule has 0 radical (unpaired) electrons. The number of likely N-dealkylation sites (tertiary alicyclic amines) is 1. The van der Waals surface area contributed by atoms with Gasteiger partial charge < -0.3 is 10.2 Å². The first-order chi connectivity index (χ1) is 19.7. The van der Waals surface area contributed by atoms with Gasteiger partial charge in [0.2, 0.25) is 11.8 Å². The van der Waals surface area contributed by atoms with Crippen LogP contribution in [-0.2, 0) is 16.1 Å². The molecule has 6 rings (SSSR count). The fourth-order valence-corrected chi connectivity index (χ4v) is 5.84.